The summed E-state index contributed by atoms with van der Waals surface area (Å²) in [6, 6.07) is 19.0. The van der Waals surface area contributed by atoms with Crippen LogP contribution >= 0.6 is 0 Å². The van der Waals surface area contributed by atoms with Crippen molar-refractivity contribution in [2.24, 2.45) is 5.41 Å². The third-order valence-electron chi connectivity index (χ3n) is 6.98. The van der Waals surface area contributed by atoms with Crippen molar-refractivity contribution in [3.05, 3.63) is 71.3 Å². The molecule has 2 aromatic rings. The number of nitrogens with zero attached hydrogens (tertiary/aromatic N) is 3. The molecular weight excluding hydrogens is 414 g/mol. The van der Waals surface area contributed by atoms with Gasteiger partial charge in [-0.3, -0.25) is 4.90 Å². The molecule has 3 rings (SSSR count). The van der Waals surface area contributed by atoms with Crippen LogP contribution in [-0.4, -0.2) is 44.7 Å². The van der Waals surface area contributed by atoms with Crippen LogP contribution < -0.4 is 9.80 Å². The van der Waals surface area contributed by atoms with Crippen LogP contribution in [0.15, 0.2) is 60.2 Å². The van der Waals surface area contributed by atoms with Crippen LogP contribution in [0, 0.1) is 5.41 Å². The lowest BCUT2D eigenvalue weighted by Crippen LogP contribution is -2.45. The van der Waals surface area contributed by atoms with Gasteiger partial charge in [0.05, 0.1) is 0 Å². The number of anilines is 2. The monoisotopic (exact) mass is 461 g/mol. The van der Waals surface area contributed by atoms with Gasteiger partial charge in [-0.05, 0) is 80.3 Å². The number of hydrogen-bond donors (Lipinski definition) is 0. The number of aryl methyl sites for hydroxylation is 1. The highest BCUT2D eigenvalue weighted by Gasteiger charge is 2.24. The maximum Gasteiger partial charge on any atom is 0.0371 e. The van der Waals surface area contributed by atoms with Gasteiger partial charge in [-0.25, -0.2) is 0 Å². The van der Waals surface area contributed by atoms with Crippen LogP contribution in [0.4, 0.5) is 11.4 Å². The number of rotatable bonds is 9. The maximum atomic E-state index is 2.64. The number of benzene rings is 2. The molecular formula is C31H47N3. The molecule has 0 saturated carbocycles. The van der Waals surface area contributed by atoms with E-state index in [0.29, 0.717) is 11.5 Å². The Kier molecular flexibility index (Phi) is 9.24. The first-order valence-electron chi connectivity index (χ1n) is 13.1. The van der Waals surface area contributed by atoms with Gasteiger partial charge in [0.1, 0.15) is 0 Å². The molecule has 0 atom stereocenters. The Labute approximate surface area is 209 Å². The highest BCUT2D eigenvalue weighted by molar-refractivity contribution is 5.50. The smallest absolute Gasteiger partial charge is 0.0371 e. The second kappa shape index (κ2) is 11.9. The van der Waals surface area contributed by atoms with Crippen LogP contribution in [0.2, 0.25) is 0 Å². The third kappa shape index (κ3) is 8.20. The van der Waals surface area contributed by atoms with Crippen LogP contribution in [0.1, 0.15) is 65.0 Å². The molecule has 1 aliphatic heterocycles. The minimum absolute atomic E-state index is 0.385. The standard InChI is InChI=1S/C31H47N3/c1-25(2)17-23-34(29-14-8-26(9-15-29)16-20-31(3,4)5)30-18-21-33(22-19-30)24-27-10-12-28(13-11-27)32(6)7/h8-15,17,30H,16,18-24H2,1-7H3. The maximum absolute atomic E-state index is 2.64. The zero-order valence-electron chi connectivity index (χ0n) is 22.8. The first kappa shape index (κ1) is 26.3. The van der Waals surface area contributed by atoms with Gasteiger partial charge in [0.25, 0.3) is 0 Å². The molecule has 0 bridgehead atoms. The topological polar surface area (TPSA) is 9.72 Å². The Hall–Kier alpha value is -2.26. The van der Waals surface area contributed by atoms with Gasteiger partial charge in [0.15, 0.2) is 0 Å². The second-order valence-electron chi connectivity index (χ2n) is 11.7. The van der Waals surface area contributed by atoms with E-state index in [0.717, 1.165) is 32.6 Å². The van der Waals surface area contributed by atoms with Crippen molar-refractivity contribution in [2.45, 2.75) is 72.9 Å². The minimum Gasteiger partial charge on any atom is -0.378 e. The Morgan fingerprint density at radius 3 is 1.97 bits per heavy atom. The minimum atomic E-state index is 0.385. The average molecular weight is 462 g/mol. The Morgan fingerprint density at radius 1 is 0.882 bits per heavy atom. The van der Waals surface area contributed by atoms with Crippen LogP contribution in [-0.2, 0) is 13.0 Å². The summed E-state index contributed by atoms with van der Waals surface area (Å²) in [5.41, 5.74) is 7.28. The molecule has 186 valence electrons. The van der Waals surface area contributed by atoms with E-state index in [4.69, 9.17) is 0 Å². The molecule has 34 heavy (non-hydrogen) atoms. The van der Waals surface area contributed by atoms with Crippen molar-refractivity contribution in [2.75, 3.05) is 43.5 Å². The molecule has 1 heterocycles. The summed E-state index contributed by atoms with van der Waals surface area (Å²) in [6.07, 6.45) is 7.21. The van der Waals surface area contributed by atoms with Gasteiger partial charge in [-0.1, -0.05) is 56.7 Å². The summed E-state index contributed by atoms with van der Waals surface area (Å²) >= 11 is 0. The third-order valence-corrected chi connectivity index (χ3v) is 6.98. The highest BCUT2D eigenvalue weighted by Crippen LogP contribution is 2.27. The fourth-order valence-corrected chi connectivity index (χ4v) is 4.67. The molecule has 2 aromatic carbocycles. The molecule has 0 unspecified atom stereocenters. The van der Waals surface area contributed by atoms with E-state index in [2.05, 4.69) is 118 Å². The van der Waals surface area contributed by atoms with E-state index in [1.54, 1.807) is 0 Å². The zero-order valence-corrected chi connectivity index (χ0v) is 22.8. The number of piperidine rings is 1. The summed E-state index contributed by atoms with van der Waals surface area (Å²) in [4.78, 5) is 7.42. The van der Waals surface area contributed by atoms with Gasteiger partial charge < -0.3 is 9.80 Å². The largest absolute Gasteiger partial charge is 0.378 e. The molecule has 0 N–H and O–H groups in total. The number of likely N-dealkylation sites (tertiary alicyclic amines) is 1. The first-order chi connectivity index (χ1) is 16.1. The van der Waals surface area contributed by atoms with E-state index >= 15 is 0 Å². The molecule has 0 aliphatic carbocycles. The van der Waals surface area contributed by atoms with E-state index in [1.165, 1.54) is 47.3 Å². The lowest BCUT2D eigenvalue weighted by atomic mass is 9.88. The van der Waals surface area contributed by atoms with Crippen molar-refractivity contribution < 1.29 is 0 Å². The predicted octanol–water partition coefficient (Wildman–Crippen LogP) is 7.17. The van der Waals surface area contributed by atoms with Gasteiger partial charge >= 0.3 is 0 Å². The van der Waals surface area contributed by atoms with Crippen LogP contribution in [0.3, 0.4) is 0 Å². The van der Waals surface area contributed by atoms with Crippen molar-refractivity contribution in [1.29, 1.82) is 0 Å². The molecule has 3 nitrogen and oxygen atoms in total. The highest BCUT2D eigenvalue weighted by atomic mass is 15.2. The molecule has 1 fully saturated rings. The Bertz CT molecular complexity index is 891. The van der Waals surface area contributed by atoms with Crippen molar-refractivity contribution >= 4 is 11.4 Å². The van der Waals surface area contributed by atoms with Gasteiger partial charge in [0, 0.05) is 57.7 Å². The SMILES string of the molecule is CC(C)=CCN(c1ccc(CCC(C)(C)C)cc1)C1CCN(Cc2ccc(N(C)C)cc2)CC1. The van der Waals surface area contributed by atoms with Crippen molar-refractivity contribution in [3.63, 3.8) is 0 Å². The van der Waals surface area contributed by atoms with Gasteiger partial charge in [0.2, 0.25) is 0 Å². The summed E-state index contributed by atoms with van der Waals surface area (Å²) < 4.78 is 0. The predicted molar refractivity (Wildman–Crippen MR) is 150 cm³/mol. The van der Waals surface area contributed by atoms with Crippen molar-refractivity contribution in [1.82, 2.24) is 4.90 Å². The quantitative estimate of drug-likeness (QED) is 0.367. The van der Waals surface area contributed by atoms with Crippen molar-refractivity contribution in [3.8, 4) is 0 Å². The summed E-state index contributed by atoms with van der Waals surface area (Å²) in [5, 5.41) is 0. The van der Waals surface area contributed by atoms with E-state index in [1.807, 2.05) is 0 Å². The zero-order chi connectivity index (χ0) is 24.7. The van der Waals surface area contributed by atoms with Gasteiger partial charge in [-0.15, -0.1) is 0 Å². The van der Waals surface area contributed by atoms with E-state index in [-0.39, 0.29) is 0 Å². The number of hydrogen-bond acceptors (Lipinski definition) is 3. The fourth-order valence-electron chi connectivity index (χ4n) is 4.67. The van der Waals surface area contributed by atoms with Gasteiger partial charge in [-0.2, -0.15) is 0 Å². The number of allylic oxidation sites excluding steroid dienone is 1. The Balaban J connectivity index is 1.61. The molecule has 0 spiro atoms. The fraction of sp³-hybridized carbons (Fsp3) is 0.548. The second-order valence-corrected chi connectivity index (χ2v) is 11.7. The summed E-state index contributed by atoms with van der Waals surface area (Å²) in [5.74, 6) is 0. The summed E-state index contributed by atoms with van der Waals surface area (Å²) in [6.45, 7) is 15.8. The molecule has 1 saturated heterocycles. The lowest BCUT2D eigenvalue weighted by molar-refractivity contribution is 0.202. The van der Waals surface area contributed by atoms with E-state index in [9.17, 15) is 0 Å². The molecule has 1 aliphatic rings. The van der Waals surface area contributed by atoms with Crippen LogP contribution in [0.25, 0.3) is 0 Å². The molecule has 0 aromatic heterocycles. The average Bonchev–Trinajstić information content (AvgIpc) is 2.79. The lowest BCUT2D eigenvalue weighted by Gasteiger charge is -2.39. The summed E-state index contributed by atoms with van der Waals surface area (Å²) in [7, 11) is 4.19. The first-order valence-corrected chi connectivity index (χ1v) is 13.1. The van der Waals surface area contributed by atoms with Crippen LogP contribution in [0.5, 0.6) is 0 Å². The van der Waals surface area contributed by atoms with E-state index < -0.39 is 0 Å². The normalized spacial score (nSPS) is 15.3. The molecule has 0 amide bonds. The molecule has 0 radical (unpaired) electrons. The molecule has 3 heteroatoms. The Morgan fingerprint density at radius 2 is 1.44 bits per heavy atom.